The molecule has 0 heterocycles. The molecule has 2 rings (SSSR count). The molecule has 0 aliphatic carbocycles. The molecule has 2 aromatic rings. The van der Waals surface area contributed by atoms with E-state index in [1.54, 1.807) is 0 Å². The number of hydrogen-bond acceptors (Lipinski definition) is 3. The highest BCUT2D eigenvalue weighted by Crippen LogP contribution is 2.20. The monoisotopic (exact) mass is 352 g/mol. The van der Waals surface area contributed by atoms with Crippen molar-refractivity contribution in [2.75, 3.05) is 13.7 Å². The molecule has 21 heavy (non-hydrogen) atoms. The first kappa shape index (κ1) is 15.7. The molecule has 110 valence electrons. The first-order valence-corrected chi connectivity index (χ1v) is 7.08. The van der Waals surface area contributed by atoms with Gasteiger partial charge in [-0.25, -0.2) is 4.39 Å². The van der Waals surface area contributed by atoms with Crippen LogP contribution in [0.2, 0.25) is 0 Å². The number of methoxy groups -OCH3 is 1. The zero-order valence-corrected chi connectivity index (χ0v) is 13.0. The van der Waals surface area contributed by atoms with E-state index in [0.29, 0.717) is 12.4 Å². The number of halogens is 2. The van der Waals surface area contributed by atoms with Gasteiger partial charge < -0.3 is 9.47 Å². The van der Waals surface area contributed by atoms with Crippen LogP contribution in [0.25, 0.3) is 0 Å². The maximum absolute atomic E-state index is 13.2. The van der Waals surface area contributed by atoms with Gasteiger partial charge in [-0.2, -0.15) is 0 Å². The quantitative estimate of drug-likeness (QED) is 0.737. The highest BCUT2D eigenvalue weighted by atomic mass is 79.9. The minimum Gasteiger partial charge on any atom is -0.496 e. The molecule has 0 atom stereocenters. The second-order valence-corrected chi connectivity index (χ2v) is 5.31. The van der Waals surface area contributed by atoms with Crippen molar-refractivity contribution in [3.05, 3.63) is 63.9 Å². The van der Waals surface area contributed by atoms with Gasteiger partial charge in [0.2, 0.25) is 0 Å². The highest BCUT2D eigenvalue weighted by molar-refractivity contribution is 9.10. The summed E-state index contributed by atoms with van der Waals surface area (Å²) in [4.78, 5) is 12.1. The first-order chi connectivity index (χ1) is 10.1. The molecule has 0 saturated carbocycles. The Morgan fingerprint density at radius 2 is 2.05 bits per heavy atom. The van der Waals surface area contributed by atoms with Crippen LogP contribution in [0.5, 0.6) is 5.75 Å². The van der Waals surface area contributed by atoms with Gasteiger partial charge in [0, 0.05) is 4.47 Å². The van der Waals surface area contributed by atoms with Crippen LogP contribution in [0, 0.1) is 5.82 Å². The summed E-state index contributed by atoms with van der Waals surface area (Å²) in [7, 11) is 1.44. The second-order valence-electron chi connectivity index (χ2n) is 4.39. The van der Waals surface area contributed by atoms with Gasteiger partial charge in [0.05, 0.1) is 19.3 Å². The normalized spacial score (nSPS) is 10.4. The lowest BCUT2D eigenvalue weighted by molar-refractivity contribution is 0.0723. The van der Waals surface area contributed by atoms with Gasteiger partial charge in [0.1, 0.15) is 18.2 Å². The fourth-order valence-electron chi connectivity index (χ4n) is 1.86. The van der Waals surface area contributed by atoms with Crippen LogP contribution < -0.4 is 4.74 Å². The number of carbonyl (C=O) groups excluding carboxylic acids is 1. The number of benzene rings is 2. The second kappa shape index (κ2) is 7.33. The third kappa shape index (κ3) is 4.37. The van der Waals surface area contributed by atoms with Gasteiger partial charge in [0.15, 0.2) is 5.78 Å². The van der Waals surface area contributed by atoms with Gasteiger partial charge in [-0.3, -0.25) is 4.79 Å². The summed E-state index contributed by atoms with van der Waals surface area (Å²) >= 11 is 3.37. The van der Waals surface area contributed by atoms with E-state index in [0.717, 1.165) is 16.1 Å². The van der Waals surface area contributed by atoms with Crippen molar-refractivity contribution in [3.8, 4) is 5.75 Å². The number of hydrogen-bond donors (Lipinski definition) is 0. The van der Waals surface area contributed by atoms with Gasteiger partial charge in [-0.15, -0.1) is 0 Å². The predicted molar refractivity (Wildman–Crippen MR) is 81.1 cm³/mol. The molecule has 0 saturated heterocycles. The summed E-state index contributed by atoms with van der Waals surface area (Å²) in [5, 5.41) is 0. The lowest BCUT2D eigenvalue weighted by Gasteiger charge is -2.08. The van der Waals surface area contributed by atoms with Crippen molar-refractivity contribution in [1.29, 1.82) is 0 Å². The van der Waals surface area contributed by atoms with Gasteiger partial charge >= 0.3 is 0 Å². The molecule has 0 unspecified atom stereocenters. The fraction of sp³-hybridized carbons (Fsp3) is 0.188. The molecule has 3 nitrogen and oxygen atoms in total. The van der Waals surface area contributed by atoms with Crippen LogP contribution in [0.4, 0.5) is 4.39 Å². The molecule has 0 aliphatic heterocycles. The molecule has 0 fully saturated rings. The van der Waals surface area contributed by atoms with Crippen molar-refractivity contribution >= 4 is 21.7 Å². The average Bonchev–Trinajstić information content (AvgIpc) is 2.47. The van der Waals surface area contributed by atoms with Crippen LogP contribution in [0.15, 0.2) is 46.9 Å². The predicted octanol–water partition coefficient (Wildman–Crippen LogP) is 4.00. The average molecular weight is 353 g/mol. The number of rotatable bonds is 6. The molecule has 0 aliphatic rings. The Kier molecular flexibility index (Phi) is 5.47. The van der Waals surface area contributed by atoms with Crippen LogP contribution in [0.3, 0.4) is 0 Å². The number of ketones is 1. The van der Waals surface area contributed by atoms with E-state index in [4.69, 9.17) is 9.47 Å². The van der Waals surface area contributed by atoms with Crippen LogP contribution >= 0.6 is 15.9 Å². The van der Waals surface area contributed by atoms with E-state index in [1.165, 1.54) is 19.2 Å². The van der Waals surface area contributed by atoms with Gasteiger partial charge in [-0.05, 0) is 35.9 Å². The maximum Gasteiger partial charge on any atom is 0.192 e. The van der Waals surface area contributed by atoms with Crippen molar-refractivity contribution in [1.82, 2.24) is 0 Å². The SMILES string of the molecule is COc1ccc(F)cc1C(=O)COCc1cccc(Br)c1. The molecule has 2 aromatic carbocycles. The van der Waals surface area contributed by atoms with E-state index in [1.807, 2.05) is 24.3 Å². The van der Waals surface area contributed by atoms with Crippen LogP contribution in [0.1, 0.15) is 15.9 Å². The Bertz CT molecular complexity index is 643. The Balaban J connectivity index is 1.97. The number of ether oxygens (including phenoxy) is 2. The van der Waals surface area contributed by atoms with E-state index in [-0.39, 0.29) is 18.0 Å². The maximum atomic E-state index is 13.2. The van der Waals surface area contributed by atoms with Crippen LogP contribution in [-0.4, -0.2) is 19.5 Å². The minimum atomic E-state index is -0.480. The Morgan fingerprint density at radius 3 is 2.76 bits per heavy atom. The number of Topliss-reactive ketones (excluding diaryl/α,β-unsaturated/α-hetero) is 1. The van der Waals surface area contributed by atoms with Crippen molar-refractivity contribution < 1.29 is 18.7 Å². The van der Waals surface area contributed by atoms with Gasteiger partial charge in [0.25, 0.3) is 0 Å². The molecule has 0 aromatic heterocycles. The fourth-order valence-corrected chi connectivity index (χ4v) is 2.31. The highest BCUT2D eigenvalue weighted by Gasteiger charge is 2.13. The Morgan fingerprint density at radius 1 is 1.24 bits per heavy atom. The molecular weight excluding hydrogens is 339 g/mol. The first-order valence-electron chi connectivity index (χ1n) is 6.29. The molecule has 0 spiro atoms. The summed E-state index contributed by atoms with van der Waals surface area (Å²) in [6, 6.07) is 11.4. The Hall–Kier alpha value is -1.72. The molecular formula is C16H14BrFO3. The summed E-state index contributed by atoms with van der Waals surface area (Å²) < 4.78 is 24.6. The van der Waals surface area contributed by atoms with Crippen molar-refractivity contribution in [2.24, 2.45) is 0 Å². The summed E-state index contributed by atoms with van der Waals surface area (Å²) in [5.74, 6) is -0.458. The molecule has 0 N–H and O–H groups in total. The lowest BCUT2D eigenvalue weighted by Crippen LogP contribution is -2.11. The zero-order chi connectivity index (χ0) is 15.2. The van der Waals surface area contributed by atoms with E-state index in [9.17, 15) is 9.18 Å². The standard InChI is InChI=1S/C16H14BrFO3/c1-20-16-6-5-13(18)8-14(16)15(19)10-21-9-11-3-2-4-12(17)7-11/h2-8H,9-10H2,1H3. The number of carbonyl (C=O) groups is 1. The topological polar surface area (TPSA) is 35.5 Å². The molecule has 0 amide bonds. The summed E-state index contributed by atoms with van der Waals surface area (Å²) in [6.45, 7) is 0.176. The third-order valence-electron chi connectivity index (χ3n) is 2.85. The van der Waals surface area contributed by atoms with E-state index in [2.05, 4.69) is 15.9 Å². The smallest absolute Gasteiger partial charge is 0.192 e. The molecule has 5 heteroatoms. The molecule has 0 radical (unpaired) electrons. The summed E-state index contributed by atoms with van der Waals surface area (Å²) in [6.07, 6.45) is 0. The lowest BCUT2D eigenvalue weighted by atomic mass is 10.1. The van der Waals surface area contributed by atoms with E-state index < -0.39 is 5.82 Å². The third-order valence-corrected chi connectivity index (χ3v) is 3.35. The minimum absolute atomic E-state index is 0.133. The Labute approximate surface area is 130 Å². The summed E-state index contributed by atoms with van der Waals surface area (Å²) in [5.41, 5.74) is 1.13. The van der Waals surface area contributed by atoms with Crippen molar-refractivity contribution in [2.45, 2.75) is 6.61 Å². The van der Waals surface area contributed by atoms with E-state index >= 15 is 0 Å². The largest absolute Gasteiger partial charge is 0.496 e. The van der Waals surface area contributed by atoms with Gasteiger partial charge in [-0.1, -0.05) is 28.1 Å². The van der Waals surface area contributed by atoms with Crippen LogP contribution in [-0.2, 0) is 11.3 Å². The molecule has 0 bridgehead atoms. The van der Waals surface area contributed by atoms with Crippen molar-refractivity contribution in [3.63, 3.8) is 0 Å². The zero-order valence-electron chi connectivity index (χ0n) is 11.4.